The molecule has 0 radical (unpaired) electrons. The van der Waals surface area contributed by atoms with Crippen LogP contribution in [0.1, 0.15) is 50.6 Å². The van der Waals surface area contributed by atoms with Crippen LogP contribution >= 0.6 is 0 Å². The number of ether oxygens (including phenoxy) is 1. The Morgan fingerprint density at radius 1 is 1.33 bits per heavy atom. The number of furan rings is 1. The molecule has 0 bridgehead atoms. The average Bonchev–Trinajstić information content (AvgIpc) is 3.16. The predicted molar refractivity (Wildman–Crippen MR) is 85.5 cm³/mol. The summed E-state index contributed by atoms with van der Waals surface area (Å²) in [5.74, 6) is 0. The van der Waals surface area contributed by atoms with Crippen molar-refractivity contribution in [1.82, 2.24) is 5.32 Å². The second kappa shape index (κ2) is 7.10. The Kier molecular flexibility index (Phi) is 4.94. The van der Waals surface area contributed by atoms with E-state index in [2.05, 4.69) is 24.4 Å². The third-order valence-corrected chi connectivity index (χ3v) is 4.38. The van der Waals surface area contributed by atoms with E-state index in [1.54, 1.807) is 0 Å². The number of fused-ring (bicyclic) bond motifs is 1. The number of rotatable bonds is 7. The van der Waals surface area contributed by atoms with Gasteiger partial charge in [0, 0.05) is 23.6 Å². The molecule has 0 saturated carbocycles. The number of para-hydroxylation sites is 1. The number of nitrogens with one attached hydrogen (secondary N) is 1. The molecule has 1 saturated heterocycles. The van der Waals surface area contributed by atoms with Crippen molar-refractivity contribution >= 4 is 11.0 Å². The van der Waals surface area contributed by atoms with Crippen LogP contribution in [-0.2, 0) is 4.74 Å². The monoisotopic (exact) mass is 287 g/mol. The third-order valence-electron chi connectivity index (χ3n) is 4.38. The maximum absolute atomic E-state index is 5.72. The lowest BCUT2D eigenvalue weighted by Crippen LogP contribution is -2.21. The van der Waals surface area contributed by atoms with Gasteiger partial charge < -0.3 is 14.5 Å². The molecule has 2 heterocycles. The maximum atomic E-state index is 5.72. The standard InChI is InChI=1S/C18H25NO2/c1-2-19-17(10-5-7-14-8-6-12-20-14)16-13-21-18-11-4-3-9-15(16)18/h3-4,9,11,13-14,17,19H,2,5-8,10,12H2,1H3. The molecule has 0 amide bonds. The van der Waals surface area contributed by atoms with Crippen LogP contribution < -0.4 is 5.32 Å². The van der Waals surface area contributed by atoms with Gasteiger partial charge in [0.25, 0.3) is 0 Å². The van der Waals surface area contributed by atoms with Gasteiger partial charge in [-0.3, -0.25) is 0 Å². The van der Waals surface area contributed by atoms with Crippen molar-refractivity contribution in [3.05, 3.63) is 36.1 Å². The van der Waals surface area contributed by atoms with E-state index < -0.39 is 0 Å². The minimum Gasteiger partial charge on any atom is -0.464 e. The number of hydrogen-bond donors (Lipinski definition) is 1. The second-order valence-corrected chi connectivity index (χ2v) is 5.86. The lowest BCUT2D eigenvalue weighted by molar-refractivity contribution is 0.101. The lowest BCUT2D eigenvalue weighted by atomic mass is 9.98. The van der Waals surface area contributed by atoms with Gasteiger partial charge in [-0.15, -0.1) is 0 Å². The van der Waals surface area contributed by atoms with Gasteiger partial charge in [0.1, 0.15) is 5.58 Å². The van der Waals surface area contributed by atoms with Gasteiger partial charge in [0.15, 0.2) is 0 Å². The van der Waals surface area contributed by atoms with Crippen LogP contribution in [0.4, 0.5) is 0 Å². The summed E-state index contributed by atoms with van der Waals surface area (Å²) in [6, 6.07) is 8.67. The molecule has 0 aliphatic carbocycles. The molecule has 1 N–H and O–H groups in total. The topological polar surface area (TPSA) is 34.4 Å². The van der Waals surface area contributed by atoms with Gasteiger partial charge in [0.2, 0.25) is 0 Å². The first-order valence-corrected chi connectivity index (χ1v) is 8.19. The molecule has 2 unspecified atom stereocenters. The van der Waals surface area contributed by atoms with E-state index in [1.165, 1.54) is 36.6 Å². The zero-order valence-electron chi connectivity index (χ0n) is 12.8. The predicted octanol–water partition coefficient (Wildman–Crippen LogP) is 4.43. The number of hydrogen-bond acceptors (Lipinski definition) is 3. The molecule has 21 heavy (non-hydrogen) atoms. The van der Waals surface area contributed by atoms with Crippen LogP contribution in [-0.4, -0.2) is 19.3 Å². The smallest absolute Gasteiger partial charge is 0.134 e. The largest absolute Gasteiger partial charge is 0.464 e. The summed E-state index contributed by atoms with van der Waals surface area (Å²) < 4.78 is 11.4. The van der Waals surface area contributed by atoms with Crippen molar-refractivity contribution in [3.63, 3.8) is 0 Å². The quantitative estimate of drug-likeness (QED) is 0.818. The molecule has 3 heteroatoms. The van der Waals surface area contributed by atoms with E-state index in [0.717, 1.165) is 25.2 Å². The molecule has 1 aliphatic heterocycles. The molecule has 114 valence electrons. The molecule has 2 aromatic rings. The second-order valence-electron chi connectivity index (χ2n) is 5.86. The van der Waals surface area contributed by atoms with Gasteiger partial charge in [-0.2, -0.15) is 0 Å². The fourth-order valence-corrected chi connectivity index (χ4v) is 3.30. The molecule has 1 aromatic heterocycles. The molecular weight excluding hydrogens is 262 g/mol. The minimum absolute atomic E-state index is 0.375. The van der Waals surface area contributed by atoms with Gasteiger partial charge in [0.05, 0.1) is 12.4 Å². The highest BCUT2D eigenvalue weighted by molar-refractivity contribution is 5.81. The van der Waals surface area contributed by atoms with E-state index in [4.69, 9.17) is 9.15 Å². The van der Waals surface area contributed by atoms with E-state index in [-0.39, 0.29) is 0 Å². The van der Waals surface area contributed by atoms with Gasteiger partial charge in [-0.05, 0) is 44.7 Å². The molecule has 1 aromatic carbocycles. The van der Waals surface area contributed by atoms with Crippen molar-refractivity contribution in [3.8, 4) is 0 Å². The first-order valence-electron chi connectivity index (χ1n) is 8.19. The first-order chi connectivity index (χ1) is 10.4. The van der Waals surface area contributed by atoms with Crippen molar-refractivity contribution in [1.29, 1.82) is 0 Å². The van der Waals surface area contributed by atoms with E-state index in [0.29, 0.717) is 12.1 Å². The van der Waals surface area contributed by atoms with Crippen LogP contribution in [0.25, 0.3) is 11.0 Å². The minimum atomic E-state index is 0.375. The molecular formula is C18H25NO2. The first kappa shape index (κ1) is 14.6. The fraction of sp³-hybridized carbons (Fsp3) is 0.556. The fourth-order valence-electron chi connectivity index (χ4n) is 3.30. The Morgan fingerprint density at radius 3 is 3.05 bits per heavy atom. The highest BCUT2D eigenvalue weighted by Crippen LogP contribution is 2.30. The Hall–Kier alpha value is -1.32. The Labute approximate surface area is 126 Å². The molecule has 1 aliphatic rings. The van der Waals surface area contributed by atoms with Crippen LogP contribution in [0.2, 0.25) is 0 Å². The highest BCUT2D eigenvalue weighted by Gasteiger charge is 2.19. The van der Waals surface area contributed by atoms with E-state index >= 15 is 0 Å². The van der Waals surface area contributed by atoms with Crippen LogP contribution in [0, 0.1) is 0 Å². The SMILES string of the molecule is CCNC(CCCC1CCCO1)c1coc2ccccc12. The highest BCUT2D eigenvalue weighted by atomic mass is 16.5. The molecule has 3 rings (SSSR count). The zero-order chi connectivity index (χ0) is 14.5. The van der Waals surface area contributed by atoms with Gasteiger partial charge >= 0.3 is 0 Å². The summed E-state index contributed by atoms with van der Waals surface area (Å²) in [5.41, 5.74) is 2.27. The Bertz CT molecular complexity index is 557. The summed E-state index contributed by atoms with van der Waals surface area (Å²) in [6.07, 6.45) is 8.39. The molecule has 3 nitrogen and oxygen atoms in total. The van der Waals surface area contributed by atoms with E-state index in [9.17, 15) is 0 Å². The van der Waals surface area contributed by atoms with Crippen molar-refractivity contribution < 1.29 is 9.15 Å². The Balaban J connectivity index is 1.65. The molecule has 0 spiro atoms. The summed E-state index contributed by atoms with van der Waals surface area (Å²) in [7, 11) is 0. The van der Waals surface area contributed by atoms with Gasteiger partial charge in [-0.1, -0.05) is 25.1 Å². The average molecular weight is 287 g/mol. The maximum Gasteiger partial charge on any atom is 0.134 e. The van der Waals surface area contributed by atoms with Crippen molar-refractivity contribution in [2.75, 3.05) is 13.2 Å². The molecule has 1 fully saturated rings. The van der Waals surface area contributed by atoms with Crippen LogP contribution in [0.5, 0.6) is 0 Å². The van der Waals surface area contributed by atoms with E-state index in [1.807, 2.05) is 18.4 Å². The van der Waals surface area contributed by atoms with Crippen LogP contribution in [0.15, 0.2) is 34.9 Å². The summed E-state index contributed by atoms with van der Waals surface area (Å²) >= 11 is 0. The van der Waals surface area contributed by atoms with Crippen molar-refractivity contribution in [2.24, 2.45) is 0 Å². The normalized spacial score (nSPS) is 20.1. The van der Waals surface area contributed by atoms with Crippen molar-refractivity contribution in [2.45, 2.75) is 51.2 Å². The van der Waals surface area contributed by atoms with Gasteiger partial charge in [-0.25, -0.2) is 0 Å². The Morgan fingerprint density at radius 2 is 2.24 bits per heavy atom. The number of benzene rings is 1. The third kappa shape index (κ3) is 3.47. The lowest BCUT2D eigenvalue weighted by Gasteiger charge is -2.18. The van der Waals surface area contributed by atoms with Crippen LogP contribution in [0.3, 0.4) is 0 Å². The zero-order valence-corrected chi connectivity index (χ0v) is 12.8. The summed E-state index contributed by atoms with van der Waals surface area (Å²) in [6.45, 7) is 4.09. The molecule has 2 atom stereocenters. The summed E-state index contributed by atoms with van der Waals surface area (Å²) in [5, 5.41) is 4.84. The summed E-state index contributed by atoms with van der Waals surface area (Å²) in [4.78, 5) is 0.